The number of aromatic nitrogens is 1. The highest BCUT2D eigenvalue weighted by Gasteiger charge is 2.22. The number of pyridine rings is 1. The van der Waals surface area contributed by atoms with Crippen molar-refractivity contribution in [3.8, 4) is 0 Å². The SMILES string of the molecule is Fc1cnc2c(c1)CCc1ccccc1C2Cl. The van der Waals surface area contributed by atoms with Crippen molar-refractivity contribution >= 4 is 11.6 Å². The third kappa shape index (κ3) is 1.83. The van der Waals surface area contributed by atoms with Crippen molar-refractivity contribution in [3.63, 3.8) is 0 Å². The maximum absolute atomic E-state index is 13.2. The molecule has 1 nitrogen and oxygen atoms in total. The van der Waals surface area contributed by atoms with Gasteiger partial charge in [-0.1, -0.05) is 24.3 Å². The second kappa shape index (κ2) is 4.11. The van der Waals surface area contributed by atoms with E-state index in [1.54, 1.807) is 6.07 Å². The Bertz CT molecular complexity index is 568. The zero-order valence-electron chi connectivity index (χ0n) is 9.16. The summed E-state index contributed by atoms with van der Waals surface area (Å²) < 4.78 is 13.2. The molecule has 1 heterocycles. The lowest BCUT2D eigenvalue weighted by atomic mass is 10.0. The van der Waals surface area contributed by atoms with Gasteiger partial charge in [-0.25, -0.2) is 4.39 Å². The van der Waals surface area contributed by atoms with Crippen molar-refractivity contribution in [2.75, 3.05) is 0 Å². The largest absolute Gasteiger partial charge is 0.256 e. The van der Waals surface area contributed by atoms with E-state index in [1.165, 1.54) is 11.8 Å². The highest BCUT2D eigenvalue weighted by molar-refractivity contribution is 6.22. The van der Waals surface area contributed by atoms with Crippen molar-refractivity contribution in [1.29, 1.82) is 0 Å². The predicted molar refractivity (Wildman–Crippen MR) is 65.7 cm³/mol. The van der Waals surface area contributed by atoms with Crippen LogP contribution in [0.2, 0.25) is 0 Å². The molecule has 0 amide bonds. The first-order chi connectivity index (χ1) is 8.25. The minimum Gasteiger partial charge on any atom is -0.256 e. The number of halogens is 2. The number of alkyl halides is 1. The Kier molecular flexibility index (Phi) is 2.60. The lowest BCUT2D eigenvalue weighted by molar-refractivity contribution is 0.616. The number of hydrogen-bond acceptors (Lipinski definition) is 1. The van der Waals surface area contributed by atoms with Crippen LogP contribution >= 0.6 is 11.6 Å². The lowest BCUT2D eigenvalue weighted by Crippen LogP contribution is -2.00. The molecule has 3 heteroatoms. The first-order valence-electron chi connectivity index (χ1n) is 5.62. The molecule has 1 aromatic carbocycles. The topological polar surface area (TPSA) is 12.9 Å². The molecular weight excluding hydrogens is 237 g/mol. The van der Waals surface area contributed by atoms with Crippen LogP contribution in [0, 0.1) is 5.82 Å². The summed E-state index contributed by atoms with van der Waals surface area (Å²) in [6.45, 7) is 0. The Morgan fingerprint density at radius 1 is 1.18 bits per heavy atom. The van der Waals surface area contributed by atoms with Crippen LogP contribution in [0.4, 0.5) is 4.39 Å². The van der Waals surface area contributed by atoms with Gasteiger partial charge in [0, 0.05) is 0 Å². The summed E-state index contributed by atoms with van der Waals surface area (Å²) >= 11 is 6.45. The van der Waals surface area contributed by atoms with Crippen LogP contribution in [0.1, 0.15) is 27.8 Å². The zero-order chi connectivity index (χ0) is 11.8. The molecule has 0 saturated carbocycles. The Balaban J connectivity index is 2.16. The minimum absolute atomic E-state index is 0.274. The third-order valence-corrected chi connectivity index (χ3v) is 3.64. The van der Waals surface area contributed by atoms with Gasteiger partial charge in [-0.05, 0) is 35.6 Å². The highest BCUT2D eigenvalue weighted by atomic mass is 35.5. The van der Waals surface area contributed by atoms with Crippen LogP contribution in [-0.4, -0.2) is 4.98 Å². The Hall–Kier alpha value is -1.41. The number of rotatable bonds is 0. The molecule has 1 aromatic heterocycles. The van der Waals surface area contributed by atoms with Gasteiger partial charge in [0.25, 0.3) is 0 Å². The molecule has 1 aliphatic carbocycles. The van der Waals surface area contributed by atoms with Crippen molar-refractivity contribution in [2.24, 2.45) is 0 Å². The normalized spacial score (nSPS) is 18.1. The van der Waals surface area contributed by atoms with Crippen LogP contribution in [0.5, 0.6) is 0 Å². The van der Waals surface area contributed by atoms with Crippen LogP contribution in [-0.2, 0) is 12.8 Å². The van der Waals surface area contributed by atoms with Crippen LogP contribution in [0.15, 0.2) is 36.5 Å². The molecule has 17 heavy (non-hydrogen) atoms. The molecule has 1 unspecified atom stereocenters. The van der Waals surface area contributed by atoms with E-state index in [0.29, 0.717) is 0 Å². The van der Waals surface area contributed by atoms with Gasteiger partial charge in [0.2, 0.25) is 0 Å². The van der Waals surface area contributed by atoms with Crippen molar-refractivity contribution < 1.29 is 4.39 Å². The smallest absolute Gasteiger partial charge is 0.141 e. The van der Waals surface area contributed by atoms with E-state index in [2.05, 4.69) is 11.1 Å². The standard InChI is InChI=1S/C14H11ClFN/c15-13-12-4-2-1-3-9(12)5-6-10-7-11(16)8-17-14(10)13/h1-4,7-8,13H,5-6H2. The molecule has 0 fully saturated rings. The molecule has 3 rings (SSSR count). The number of aryl methyl sites for hydroxylation is 2. The lowest BCUT2D eigenvalue weighted by Gasteiger charge is -2.11. The van der Waals surface area contributed by atoms with E-state index < -0.39 is 0 Å². The summed E-state index contributed by atoms with van der Waals surface area (Å²) in [5, 5.41) is -0.274. The van der Waals surface area contributed by atoms with Crippen LogP contribution < -0.4 is 0 Å². The van der Waals surface area contributed by atoms with E-state index in [0.717, 1.165) is 29.7 Å². The number of hydrogen-bond donors (Lipinski definition) is 0. The van der Waals surface area contributed by atoms with E-state index in [9.17, 15) is 4.39 Å². The van der Waals surface area contributed by atoms with Gasteiger partial charge in [-0.2, -0.15) is 0 Å². The third-order valence-electron chi connectivity index (χ3n) is 3.20. The predicted octanol–water partition coefficient (Wildman–Crippen LogP) is 3.65. The van der Waals surface area contributed by atoms with Gasteiger partial charge >= 0.3 is 0 Å². The number of benzene rings is 1. The molecular formula is C14H11ClFN. The zero-order valence-corrected chi connectivity index (χ0v) is 9.91. The molecule has 2 aromatic rings. The molecule has 1 aliphatic rings. The maximum Gasteiger partial charge on any atom is 0.141 e. The minimum atomic E-state index is -0.293. The van der Waals surface area contributed by atoms with Gasteiger partial charge in [-0.3, -0.25) is 4.98 Å². The van der Waals surface area contributed by atoms with E-state index >= 15 is 0 Å². The molecule has 0 aliphatic heterocycles. The Morgan fingerprint density at radius 2 is 1.94 bits per heavy atom. The van der Waals surface area contributed by atoms with Gasteiger partial charge < -0.3 is 0 Å². The number of fused-ring (bicyclic) bond motifs is 2. The van der Waals surface area contributed by atoms with Gasteiger partial charge in [0.15, 0.2) is 0 Å². The van der Waals surface area contributed by atoms with Crippen molar-refractivity contribution in [3.05, 3.63) is 64.7 Å². The molecule has 0 spiro atoms. The average molecular weight is 248 g/mol. The summed E-state index contributed by atoms with van der Waals surface area (Å²) in [6.07, 6.45) is 2.92. The summed E-state index contributed by atoms with van der Waals surface area (Å²) in [6, 6.07) is 9.62. The van der Waals surface area contributed by atoms with Crippen molar-refractivity contribution in [1.82, 2.24) is 4.98 Å². The van der Waals surface area contributed by atoms with E-state index in [4.69, 9.17) is 11.6 Å². The second-order valence-corrected chi connectivity index (χ2v) is 4.70. The fraction of sp³-hybridized carbons (Fsp3) is 0.214. The second-order valence-electron chi connectivity index (χ2n) is 4.26. The summed E-state index contributed by atoms with van der Waals surface area (Å²) in [7, 11) is 0. The van der Waals surface area contributed by atoms with Crippen molar-refractivity contribution in [2.45, 2.75) is 18.2 Å². The van der Waals surface area contributed by atoms with E-state index in [-0.39, 0.29) is 11.2 Å². The van der Waals surface area contributed by atoms with Gasteiger partial charge in [-0.15, -0.1) is 11.6 Å². The first kappa shape index (κ1) is 10.7. The molecule has 86 valence electrons. The monoisotopic (exact) mass is 247 g/mol. The Labute approximate surface area is 104 Å². The summed E-state index contributed by atoms with van der Waals surface area (Å²) in [5.74, 6) is -0.293. The molecule has 0 radical (unpaired) electrons. The molecule has 1 atom stereocenters. The molecule has 0 bridgehead atoms. The quantitative estimate of drug-likeness (QED) is 0.648. The highest BCUT2D eigenvalue weighted by Crippen LogP contribution is 2.35. The van der Waals surface area contributed by atoms with Gasteiger partial charge in [0.1, 0.15) is 11.2 Å². The van der Waals surface area contributed by atoms with E-state index in [1.807, 2.05) is 18.2 Å². The summed E-state index contributed by atoms with van der Waals surface area (Å²) in [5.41, 5.74) is 4.03. The molecule has 0 N–H and O–H groups in total. The Morgan fingerprint density at radius 3 is 2.82 bits per heavy atom. The van der Waals surface area contributed by atoms with Crippen LogP contribution in [0.25, 0.3) is 0 Å². The fourth-order valence-electron chi connectivity index (χ4n) is 2.35. The first-order valence-corrected chi connectivity index (χ1v) is 6.05. The van der Waals surface area contributed by atoms with Crippen LogP contribution in [0.3, 0.4) is 0 Å². The average Bonchev–Trinajstić information content (AvgIpc) is 2.48. The summed E-state index contributed by atoms with van der Waals surface area (Å²) in [4.78, 5) is 4.15. The van der Waals surface area contributed by atoms with Gasteiger partial charge in [0.05, 0.1) is 11.9 Å². The number of nitrogens with zero attached hydrogens (tertiary/aromatic N) is 1. The molecule has 0 saturated heterocycles. The fourth-order valence-corrected chi connectivity index (χ4v) is 2.76. The maximum atomic E-state index is 13.2.